The summed E-state index contributed by atoms with van der Waals surface area (Å²) in [4.78, 5) is 1.37. The predicted octanol–water partition coefficient (Wildman–Crippen LogP) is 2.63. The molecule has 0 amide bonds. The van der Waals surface area contributed by atoms with Gasteiger partial charge in [0, 0.05) is 15.8 Å². The molecule has 0 N–H and O–H groups in total. The molecule has 0 aliphatic carbocycles. The monoisotopic (exact) mass is 156 g/mol. The lowest BCUT2D eigenvalue weighted by Crippen LogP contribution is -1.86. The maximum atomic E-state index is 5.17. The zero-order valence-corrected chi connectivity index (χ0v) is 7.42. The smallest absolute Gasteiger partial charge is 0.132 e. The number of rotatable bonds is 2. The van der Waals surface area contributed by atoms with Crippen LogP contribution in [-0.2, 0) is 6.42 Å². The molecule has 1 aromatic heterocycles. The lowest BCUT2D eigenvalue weighted by atomic mass is 10.2. The molecule has 0 bridgehead atoms. The van der Waals surface area contributed by atoms with Crippen LogP contribution in [0.1, 0.15) is 17.4 Å². The third kappa shape index (κ3) is 1.16. The van der Waals surface area contributed by atoms with Crippen LogP contribution in [0.2, 0.25) is 0 Å². The van der Waals surface area contributed by atoms with Gasteiger partial charge in [-0.2, -0.15) is 0 Å². The van der Waals surface area contributed by atoms with Crippen LogP contribution in [-0.4, -0.2) is 7.11 Å². The number of hydrogen-bond acceptors (Lipinski definition) is 2. The predicted molar refractivity (Wildman–Crippen MR) is 45.0 cm³/mol. The zero-order valence-electron chi connectivity index (χ0n) is 6.60. The number of aryl methyl sites for hydroxylation is 1. The highest BCUT2D eigenvalue weighted by atomic mass is 32.1. The Morgan fingerprint density at radius 3 is 2.70 bits per heavy atom. The molecule has 0 atom stereocenters. The van der Waals surface area contributed by atoms with Crippen LogP contribution in [0.3, 0.4) is 0 Å². The van der Waals surface area contributed by atoms with E-state index in [0.29, 0.717) is 0 Å². The van der Waals surface area contributed by atoms with Crippen LogP contribution in [0, 0.1) is 6.92 Å². The molecule has 1 heterocycles. The second kappa shape index (κ2) is 3.06. The van der Waals surface area contributed by atoms with Gasteiger partial charge in [0.15, 0.2) is 0 Å². The van der Waals surface area contributed by atoms with Gasteiger partial charge in [0.2, 0.25) is 0 Å². The molecule has 0 radical (unpaired) electrons. The highest BCUT2D eigenvalue weighted by Crippen LogP contribution is 2.28. The van der Waals surface area contributed by atoms with Crippen LogP contribution in [0.15, 0.2) is 5.38 Å². The normalized spacial score (nSPS) is 9.90. The van der Waals surface area contributed by atoms with E-state index in [1.807, 2.05) is 0 Å². The average Bonchev–Trinajstić information content (AvgIpc) is 2.30. The van der Waals surface area contributed by atoms with Crippen molar-refractivity contribution in [2.75, 3.05) is 7.11 Å². The van der Waals surface area contributed by atoms with Crippen molar-refractivity contribution in [2.45, 2.75) is 20.3 Å². The molecular weight excluding hydrogens is 144 g/mol. The molecule has 0 saturated carbocycles. The fourth-order valence-electron chi connectivity index (χ4n) is 1.05. The van der Waals surface area contributed by atoms with Gasteiger partial charge in [-0.05, 0) is 13.3 Å². The number of ether oxygens (including phenoxy) is 1. The summed E-state index contributed by atoms with van der Waals surface area (Å²) in [5.41, 5.74) is 1.35. The van der Waals surface area contributed by atoms with Crippen LogP contribution in [0.25, 0.3) is 0 Å². The van der Waals surface area contributed by atoms with Gasteiger partial charge in [0.1, 0.15) is 5.75 Å². The molecule has 0 fully saturated rings. The van der Waals surface area contributed by atoms with E-state index < -0.39 is 0 Å². The molecule has 56 valence electrons. The van der Waals surface area contributed by atoms with Gasteiger partial charge < -0.3 is 4.74 Å². The Morgan fingerprint density at radius 2 is 2.30 bits per heavy atom. The van der Waals surface area contributed by atoms with Crippen molar-refractivity contribution in [3.8, 4) is 5.75 Å². The first-order chi connectivity index (χ1) is 4.79. The molecule has 2 heteroatoms. The van der Waals surface area contributed by atoms with Crippen molar-refractivity contribution in [3.05, 3.63) is 15.8 Å². The lowest BCUT2D eigenvalue weighted by molar-refractivity contribution is 0.412. The van der Waals surface area contributed by atoms with E-state index in [0.717, 1.165) is 12.2 Å². The van der Waals surface area contributed by atoms with Crippen molar-refractivity contribution >= 4 is 11.3 Å². The topological polar surface area (TPSA) is 9.23 Å². The van der Waals surface area contributed by atoms with Crippen molar-refractivity contribution in [1.29, 1.82) is 0 Å². The van der Waals surface area contributed by atoms with E-state index in [9.17, 15) is 0 Å². The maximum absolute atomic E-state index is 5.17. The Labute approximate surface area is 65.6 Å². The Morgan fingerprint density at radius 1 is 1.60 bits per heavy atom. The van der Waals surface area contributed by atoms with Gasteiger partial charge >= 0.3 is 0 Å². The van der Waals surface area contributed by atoms with Crippen LogP contribution < -0.4 is 4.74 Å². The Bertz CT molecular complexity index is 215. The molecule has 0 spiro atoms. The molecule has 0 aliphatic heterocycles. The highest BCUT2D eigenvalue weighted by Gasteiger charge is 2.04. The molecule has 0 unspecified atom stereocenters. The summed E-state index contributed by atoms with van der Waals surface area (Å²) in [5, 5.41) is 2.06. The second-order valence-corrected chi connectivity index (χ2v) is 3.28. The van der Waals surface area contributed by atoms with Gasteiger partial charge in [-0.15, -0.1) is 11.3 Å². The minimum absolute atomic E-state index is 1.05. The third-order valence-electron chi connectivity index (χ3n) is 1.64. The maximum Gasteiger partial charge on any atom is 0.132 e. The largest absolute Gasteiger partial charge is 0.496 e. The molecule has 0 saturated heterocycles. The van der Waals surface area contributed by atoms with Crippen molar-refractivity contribution in [2.24, 2.45) is 0 Å². The SMILES string of the molecule is CCc1c(OC)csc1C. The molecule has 1 aromatic rings. The van der Waals surface area contributed by atoms with E-state index >= 15 is 0 Å². The standard InChI is InChI=1S/C8H12OS/c1-4-7-6(2)10-5-8(7)9-3/h5H,4H2,1-3H3. The molecule has 1 rings (SSSR count). The van der Waals surface area contributed by atoms with Crippen LogP contribution in [0.4, 0.5) is 0 Å². The summed E-state index contributed by atoms with van der Waals surface area (Å²) < 4.78 is 5.17. The molecule has 10 heavy (non-hydrogen) atoms. The number of hydrogen-bond donors (Lipinski definition) is 0. The second-order valence-electron chi connectivity index (χ2n) is 2.19. The van der Waals surface area contributed by atoms with Gasteiger partial charge in [0.05, 0.1) is 7.11 Å². The summed E-state index contributed by atoms with van der Waals surface area (Å²) in [6, 6.07) is 0. The minimum atomic E-state index is 1.05. The van der Waals surface area contributed by atoms with Crippen molar-refractivity contribution in [1.82, 2.24) is 0 Å². The van der Waals surface area contributed by atoms with Crippen molar-refractivity contribution < 1.29 is 4.74 Å². The fourth-order valence-corrected chi connectivity index (χ4v) is 1.96. The quantitative estimate of drug-likeness (QED) is 0.639. The van der Waals surface area contributed by atoms with Crippen molar-refractivity contribution in [3.63, 3.8) is 0 Å². The molecule has 0 aliphatic rings. The third-order valence-corrected chi connectivity index (χ3v) is 2.57. The molecule has 0 aromatic carbocycles. The van der Waals surface area contributed by atoms with Gasteiger partial charge in [0.25, 0.3) is 0 Å². The summed E-state index contributed by atoms with van der Waals surface area (Å²) >= 11 is 1.76. The van der Waals surface area contributed by atoms with Crippen LogP contribution >= 0.6 is 11.3 Å². The highest BCUT2D eigenvalue weighted by molar-refractivity contribution is 7.10. The van der Waals surface area contributed by atoms with E-state index in [4.69, 9.17) is 4.74 Å². The summed E-state index contributed by atoms with van der Waals surface area (Å²) in [7, 11) is 1.72. The minimum Gasteiger partial charge on any atom is -0.496 e. The average molecular weight is 156 g/mol. The molecule has 1 nitrogen and oxygen atoms in total. The Hall–Kier alpha value is -0.500. The first kappa shape index (κ1) is 7.61. The Kier molecular flexibility index (Phi) is 2.33. The van der Waals surface area contributed by atoms with E-state index in [1.54, 1.807) is 18.4 Å². The van der Waals surface area contributed by atoms with Gasteiger partial charge in [-0.1, -0.05) is 6.92 Å². The number of methoxy groups -OCH3 is 1. The van der Waals surface area contributed by atoms with E-state index in [1.165, 1.54) is 10.4 Å². The first-order valence-electron chi connectivity index (χ1n) is 3.40. The summed E-state index contributed by atoms with van der Waals surface area (Å²) in [5.74, 6) is 1.05. The van der Waals surface area contributed by atoms with Gasteiger partial charge in [-0.25, -0.2) is 0 Å². The van der Waals surface area contributed by atoms with Gasteiger partial charge in [-0.3, -0.25) is 0 Å². The van der Waals surface area contributed by atoms with Crippen LogP contribution in [0.5, 0.6) is 5.75 Å². The number of thiophene rings is 1. The Balaban J connectivity index is 3.01. The van der Waals surface area contributed by atoms with E-state index in [-0.39, 0.29) is 0 Å². The first-order valence-corrected chi connectivity index (χ1v) is 4.28. The lowest BCUT2D eigenvalue weighted by Gasteiger charge is -1.99. The summed E-state index contributed by atoms with van der Waals surface area (Å²) in [6.45, 7) is 4.28. The van der Waals surface area contributed by atoms with E-state index in [2.05, 4.69) is 19.2 Å². The molecular formula is C8H12OS. The summed E-state index contributed by atoms with van der Waals surface area (Å²) in [6.07, 6.45) is 1.07. The zero-order chi connectivity index (χ0) is 7.56. The fraction of sp³-hybridized carbons (Fsp3) is 0.500.